The highest BCUT2D eigenvalue weighted by molar-refractivity contribution is 6.30. The van der Waals surface area contributed by atoms with Crippen molar-refractivity contribution >= 4 is 29.5 Å². The minimum atomic E-state index is -0.533. The third kappa shape index (κ3) is 3.16. The molecule has 0 spiro atoms. The van der Waals surface area contributed by atoms with Crippen LogP contribution in [0, 0.1) is 0 Å². The summed E-state index contributed by atoms with van der Waals surface area (Å²) < 4.78 is 0. The molecule has 3 rings (SSSR count). The Hall–Kier alpha value is -2.28. The third-order valence-corrected chi connectivity index (χ3v) is 4.90. The van der Waals surface area contributed by atoms with Crippen molar-refractivity contribution in [3.8, 4) is 0 Å². The highest BCUT2D eigenvalue weighted by Crippen LogP contribution is 2.27. The molecule has 0 bridgehead atoms. The average molecular weight is 364 g/mol. The van der Waals surface area contributed by atoms with Crippen LogP contribution < -0.4 is 5.32 Å². The number of aliphatic imine (C=N–C) groups is 1. The largest absolute Gasteiger partial charge is 0.343 e. The van der Waals surface area contributed by atoms with E-state index in [1.54, 1.807) is 7.05 Å². The zero-order chi connectivity index (χ0) is 18.1. The van der Waals surface area contributed by atoms with Gasteiger partial charge in [0.25, 0.3) is 5.91 Å². The standard InChI is InChI=1S/C17H22ClN5O2/c1-4-22(5-2)16-19-14-13(15(24)20-17(25)21(14)3)23(16)10-11-6-8-12(18)9-7-11/h6-9,13-14H,4-5,10H2,1-3H3,(H,20,24,25). The molecular formula is C17H22ClN5O2. The van der Waals surface area contributed by atoms with E-state index in [1.807, 2.05) is 43.0 Å². The summed E-state index contributed by atoms with van der Waals surface area (Å²) in [5, 5.41) is 3.08. The summed E-state index contributed by atoms with van der Waals surface area (Å²) in [7, 11) is 1.66. The van der Waals surface area contributed by atoms with Crippen molar-refractivity contribution in [3.63, 3.8) is 0 Å². The summed E-state index contributed by atoms with van der Waals surface area (Å²) in [6.07, 6.45) is -0.510. The number of rotatable bonds is 4. The van der Waals surface area contributed by atoms with Gasteiger partial charge in [-0.05, 0) is 31.5 Å². The summed E-state index contributed by atoms with van der Waals surface area (Å²) in [5.74, 6) is 0.430. The Bertz CT molecular complexity index is 701. The fourth-order valence-corrected chi connectivity index (χ4v) is 3.36. The number of carbonyl (C=O) groups is 2. The summed E-state index contributed by atoms with van der Waals surface area (Å²) in [6.45, 7) is 6.15. The van der Waals surface area contributed by atoms with Crippen LogP contribution in [0.2, 0.25) is 5.02 Å². The normalized spacial score (nSPS) is 22.6. The molecule has 0 aromatic heterocycles. The molecule has 7 nitrogen and oxygen atoms in total. The molecule has 2 aliphatic rings. The van der Waals surface area contributed by atoms with Gasteiger partial charge in [-0.25, -0.2) is 9.79 Å². The van der Waals surface area contributed by atoms with Crippen LogP contribution in [-0.2, 0) is 11.3 Å². The topological polar surface area (TPSA) is 68.2 Å². The van der Waals surface area contributed by atoms with E-state index in [0.717, 1.165) is 24.6 Å². The minimum Gasteiger partial charge on any atom is -0.343 e. The number of halogens is 1. The lowest BCUT2D eigenvalue weighted by molar-refractivity contribution is -0.127. The number of hydrogen-bond donors (Lipinski definition) is 1. The second-order valence-corrected chi connectivity index (χ2v) is 6.56. The Labute approximate surface area is 152 Å². The van der Waals surface area contributed by atoms with E-state index in [0.29, 0.717) is 11.6 Å². The van der Waals surface area contributed by atoms with Crippen molar-refractivity contribution in [2.24, 2.45) is 4.99 Å². The maximum absolute atomic E-state index is 12.5. The quantitative estimate of drug-likeness (QED) is 0.884. The SMILES string of the molecule is CCN(CC)C1=NC2C(C(=O)NC(=O)N2C)N1Cc1ccc(Cl)cc1. The molecule has 0 radical (unpaired) electrons. The van der Waals surface area contributed by atoms with Crippen LogP contribution in [0.3, 0.4) is 0 Å². The number of hydrogen-bond acceptors (Lipinski definition) is 5. The number of amides is 3. The molecule has 2 heterocycles. The fraction of sp³-hybridized carbons (Fsp3) is 0.471. The Morgan fingerprint density at radius 1 is 1.20 bits per heavy atom. The van der Waals surface area contributed by atoms with Crippen molar-refractivity contribution in [2.75, 3.05) is 20.1 Å². The van der Waals surface area contributed by atoms with Gasteiger partial charge in [0, 0.05) is 31.7 Å². The lowest BCUT2D eigenvalue weighted by Gasteiger charge is -2.37. The van der Waals surface area contributed by atoms with Crippen LogP contribution in [0.5, 0.6) is 0 Å². The first-order valence-electron chi connectivity index (χ1n) is 8.37. The van der Waals surface area contributed by atoms with Crippen LogP contribution >= 0.6 is 11.6 Å². The monoisotopic (exact) mass is 363 g/mol. The first-order chi connectivity index (χ1) is 12.0. The molecule has 25 heavy (non-hydrogen) atoms. The molecule has 134 valence electrons. The molecule has 0 saturated carbocycles. The van der Waals surface area contributed by atoms with Gasteiger partial charge >= 0.3 is 6.03 Å². The zero-order valence-corrected chi connectivity index (χ0v) is 15.3. The van der Waals surface area contributed by atoms with E-state index in [2.05, 4.69) is 10.2 Å². The smallest absolute Gasteiger partial charge is 0.325 e. The maximum Gasteiger partial charge on any atom is 0.325 e. The fourth-order valence-electron chi connectivity index (χ4n) is 3.24. The van der Waals surface area contributed by atoms with E-state index >= 15 is 0 Å². The highest BCUT2D eigenvalue weighted by Gasteiger charge is 2.49. The molecule has 1 aromatic carbocycles. The molecule has 3 amide bonds. The second-order valence-electron chi connectivity index (χ2n) is 6.12. The van der Waals surface area contributed by atoms with Crippen LogP contribution in [0.25, 0.3) is 0 Å². The van der Waals surface area contributed by atoms with Gasteiger partial charge in [0.2, 0.25) is 0 Å². The first-order valence-corrected chi connectivity index (χ1v) is 8.75. The highest BCUT2D eigenvalue weighted by atomic mass is 35.5. The molecule has 0 aliphatic carbocycles. The molecule has 2 unspecified atom stereocenters. The van der Waals surface area contributed by atoms with Gasteiger partial charge in [0.1, 0.15) is 0 Å². The number of fused-ring (bicyclic) bond motifs is 1. The van der Waals surface area contributed by atoms with Crippen LogP contribution in [0.1, 0.15) is 19.4 Å². The van der Waals surface area contributed by atoms with Crippen molar-refractivity contribution in [1.29, 1.82) is 0 Å². The predicted molar refractivity (Wildman–Crippen MR) is 96.2 cm³/mol. The summed E-state index contributed by atoms with van der Waals surface area (Å²) in [5.41, 5.74) is 1.03. The molecular weight excluding hydrogens is 342 g/mol. The van der Waals surface area contributed by atoms with Gasteiger partial charge in [-0.1, -0.05) is 23.7 Å². The number of imide groups is 1. The Kier molecular flexibility index (Phi) is 4.85. The predicted octanol–water partition coefficient (Wildman–Crippen LogP) is 1.73. The lowest BCUT2D eigenvalue weighted by atomic mass is 10.1. The maximum atomic E-state index is 12.5. The number of urea groups is 1. The van der Waals surface area contributed by atoms with Crippen molar-refractivity contribution in [1.82, 2.24) is 20.0 Å². The number of likely N-dealkylation sites (N-methyl/N-ethyl adjacent to an activating group) is 1. The van der Waals surface area contributed by atoms with E-state index in [1.165, 1.54) is 4.90 Å². The van der Waals surface area contributed by atoms with E-state index in [4.69, 9.17) is 16.6 Å². The van der Waals surface area contributed by atoms with Crippen molar-refractivity contribution in [3.05, 3.63) is 34.9 Å². The summed E-state index contributed by atoms with van der Waals surface area (Å²) >= 11 is 5.97. The number of nitrogens with one attached hydrogen (secondary N) is 1. The number of guanidine groups is 1. The van der Waals surface area contributed by atoms with Gasteiger partial charge in [0.05, 0.1) is 0 Å². The van der Waals surface area contributed by atoms with E-state index in [9.17, 15) is 9.59 Å². The van der Waals surface area contributed by atoms with Crippen LogP contribution in [0.4, 0.5) is 4.79 Å². The van der Waals surface area contributed by atoms with Crippen molar-refractivity contribution in [2.45, 2.75) is 32.6 Å². The lowest BCUT2D eigenvalue weighted by Crippen LogP contribution is -2.64. The number of carbonyl (C=O) groups excluding carboxylic acids is 2. The van der Waals surface area contributed by atoms with Crippen LogP contribution in [-0.4, -0.2) is 64.9 Å². The Morgan fingerprint density at radius 3 is 2.44 bits per heavy atom. The number of nitrogens with zero attached hydrogens (tertiary/aromatic N) is 4. The molecule has 1 N–H and O–H groups in total. The summed E-state index contributed by atoms with van der Waals surface area (Å²) in [4.78, 5) is 34.7. The molecule has 8 heteroatoms. The molecule has 1 aromatic rings. The number of benzene rings is 1. The second kappa shape index (κ2) is 6.92. The molecule has 1 fully saturated rings. The zero-order valence-electron chi connectivity index (χ0n) is 14.6. The Balaban J connectivity index is 1.96. The van der Waals surface area contributed by atoms with Gasteiger partial charge in [-0.2, -0.15) is 0 Å². The van der Waals surface area contributed by atoms with Gasteiger partial charge in [-0.15, -0.1) is 0 Å². The van der Waals surface area contributed by atoms with Gasteiger partial charge in [0.15, 0.2) is 18.2 Å². The van der Waals surface area contributed by atoms with E-state index in [-0.39, 0.29) is 5.91 Å². The average Bonchev–Trinajstić information content (AvgIpc) is 2.96. The molecule has 2 atom stereocenters. The first kappa shape index (κ1) is 17.5. The van der Waals surface area contributed by atoms with Crippen LogP contribution in [0.15, 0.2) is 29.3 Å². The van der Waals surface area contributed by atoms with E-state index < -0.39 is 18.2 Å². The Morgan fingerprint density at radius 2 is 1.84 bits per heavy atom. The molecule has 1 saturated heterocycles. The third-order valence-electron chi connectivity index (χ3n) is 4.65. The summed E-state index contributed by atoms with van der Waals surface area (Å²) in [6, 6.07) is 6.58. The van der Waals surface area contributed by atoms with Gasteiger partial charge in [-0.3, -0.25) is 10.1 Å². The van der Waals surface area contributed by atoms with Gasteiger partial charge < -0.3 is 14.7 Å². The molecule has 2 aliphatic heterocycles. The minimum absolute atomic E-state index is 0.312. The van der Waals surface area contributed by atoms with Crippen molar-refractivity contribution < 1.29 is 9.59 Å².